The summed E-state index contributed by atoms with van der Waals surface area (Å²) >= 11 is 4.65. The average molecular weight is 267 g/mol. The van der Waals surface area contributed by atoms with E-state index in [-0.39, 0.29) is 16.4 Å². The molecule has 0 saturated carbocycles. The van der Waals surface area contributed by atoms with E-state index in [1.807, 2.05) is 0 Å². The van der Waals surface area contributed by atoms with E-state index in [0.717, 1.165) is 0 Å². The number of hydrogen-bond donors (Lipinski definition) is 2. The van der Waals surface area contributed by atoms with Gasteiger partial charge < -0.3 is 11.1 Å². The lowest BCUT2D eigenvalue weighted by Gasteiger charge is -2.17. The van der Waals surface area contributed by atoms with Crippen LogP contribution in [0.15, 0.2) is 18.3 Å². The van der Waals surface area contributed by atoms with Gasteiger partial charge in [-0.3, -0.25) is 4.98 Å². The van der Waals surface area contributed by atoms with Crippen molar-refractivity contribution in [2.75, 3.05) is 11.9 Å². The minimum atomic E-state index is -4.12. The van der Waals surface area contributed by atoms with Crippen molar-refractivity contribution in [3.8, 4) is 0 Å². The van der Waals surface area contributed by atoms with Crippen LogP contribution in [0.4, 0.5) is 23.2 Å². The van der Waals surface area contributed by atoms with Gasteiger partial charge in [-0.15, -0.1) is 0 Å². The molecular weight excluding hydrogens is 258 g/mol. The van der Waals surface area contributed by atoms with E-state index >= 15 is 0 Å². The third-order valence-corrected chi connectivity index (χ3v) is 2.07. The highest BCUT2D eigenvalue weighted by Crippen LogP contribution is 2.23. The number of alkyl halides is 4. The lowest BCUT2D eigenvalue weighted by Crippen LogP contribution is -2.35. The van der Waals surface area contributed by atoms with Crippen molar-refractivity contribution in [2.24, 2.45) is 5.73 Å². The summed E-state index contributed by atoms with van der Waals surface area (Å²) in [7, 11) is 0. The van der Waals surface area contributed by atoms with Crippen molar-refractivity contribution in [3.05, 3.63) is 24.0 Å². The Morgan fingerprint density at radius 1 is 1.53 bits per heavy atom. The molecule has 1 aromatic rings. The standard InChI is InChI=1S/C9H9F4N3S/c10-8(11)9(12,13)4-16-5-2-1-3-15-6(5)7(14)17/h1-3,8,16H,4H2,(H2,14,17). The molecule has 8 heteroatoms. The largest absolute Gasteiger partial charge is 0.388 e. The molecule has 0 amide bonds. The van der Waals surface area contributed by atoms with Crippen LogP contribution in [0, 0.1) is 0 Å². The molecule has 0 spiro atoms. The number of hydrogen-bond acceptors (Lipinski definition) is 3. The fourth-order valence-electron chi connectivity index (χ4n) is 1.03. The van der Waals surface area contributed by atoms with Gasteiger partial charge in [-0.2, -0.15) is 8.78 Å². The number of nitrogens with zero attached hydrogens (tertiary/aromatic N) is 1. The summed E-state index contributed by atoms with van der Waals surface area (Å²) in [5, 5.41) is 2.16. The first-order valence-corrected chi connectivity index (χ1v) is 4.90. The van der Waals surface area contributed by atoms with Crippen LogP contribution in [0.2, 0.25) is 0 Å². The molecule has 0 fully saturated rings. The van der Waals surface area contributed by atoms with Gasteiger partial charge in [-0.05, 0) is 12.1 Å². The summed E-state index contributed by atoms with van der Waals surface area (Å²) in [5.41, 5.74) is 5.49. The van der Waals surface area contributed by atoms with Gasteiger partial charge >= 0.3 is 12.3 Å². The maximum atomic E-state index is 12.7. The first kappa shape index (κ1) is 13.6. The van der Waals surface area contributed by atoms with Crippen molar-refractivity contribution in [1.29, 1.82) is 0 Å². The van der Waals surface area contributed by atoms with Crippen LogP contribution >= 0.6 is 12.2 Å². The third kappa shape index (κ3) is 3.52. The Bertz CT molecular complexity index is 411. The minimum Gasteiger partial charge on any atom is -0.388 e. The zero-order valence-electron chi connectivity index (χ0n) is 8.46. The molecule has 0 radical (unpaired) electrons. The molecule has 1 heterocycles. The van der Waals surface area contributed by atoms with Crippen molar-refractivity contribution < 1.29 is 17.6 Å². The summed E-state index contributed by atoms with van der Waals surface area (Å²) < 4.78 is 49.2. The summed E-state index contributed by atoms with van der Waals surface area (Å²) in [6, 6.07) is 2.83. The number of nitrogens with two attached hydrogens (primary N) is 1. The third-order valence-electron chi connectivity index (χ3n) is 1.87. The highest BCUT2D eigenvalue weighted by Gasteiger charge is 2.40. The maximum absolute atomic E-state index is 12.7. The number of nitrogens with one attached hydrogen (secondary N) is 1. The van der Waals surface area contributed by atoms with Gasteiger partial charge in [-0.1, -0.05) is 12.2 Å². The van der Waals surface area contributed by atoms with E-state index in [0.29, 0.717) is 0 Å². The second-order valence-corrected chi connectivity index (χ2v) is 3.62. The van der Waals surface area contributed by atoms with Crippen molar-refractivity contribution in [2.45, 2.75) is 12.3 Å². The predicted octanol–water partition coefficient (Wildman–Crippen LogP) is 2.03. The molecule has 1 aromatic heterocycles. The molecular formula is C9H9F4N3S. The van der Waals surface area contributed by atoms with Crippen LogP contribution in [-0.2, 0) is 0 Å². The Kier molecular flexibility index (Phi) is 4.22. The lowest BCUT2D eigenvalue weighted by molar-refractivity contribution is -0.117. The van der Waals surface area contributed by atoms with Gasteiger partial charge in [0, 0.05) is 6.20 Å². The van der Waals surface area contributed by atoms with Crippen molar-refractivity contribution >= 4 is 22.9 Å². The Labute approximate surface area is 100 Å². The van der Waals surface area contributed by atoms with Gasteiger partial charge in [0.15, 0.2) is 0 Å². The summed E-state index contributed by atoms with van der Waals surface area (Å²) in [5.74, 6) is -4.12. The zero-order chi connectivity index (χ0) is 13.1. The fraction of sp³-hybridized carbons (Fsp3) is 0.333. The Hall–Kier alpha value is -1.44. The van der Waals surface area contributed by atoms with Gasteiger partial charge in [-0.25, -0.2) is 8.78 Å². The van der Waals surface area contributed by atoms with Crippen LogP contribution in [0.25, 0.3) is 0 Å². The van der Waals surface area contributed by atoms with Crippen molar-refractivity contribution in [1.82, 2.24) is 4.98 Å². The molecule has 94 valence electrons. The van der Waals surface area contributed by atoms with E-state index in [1.54, 1.807) is 0 Å². The average Bonchev–Trinajstić information content (AvgIpc) is 2.26. The Morgan fingerprint density at radius 3 is 2.71 bits per heavy atom. The number of thiocarbonyl (C=S) groups is 1. The first-order chi connectivity index (χ1) is 7.84. The van der Waals surface area contributed by atoms with Crippen LogP contribution in [0.5, 0.6) is 0 Å². The van der Waals surface area contributed by atoms with Crippen LogP contribution < -0.4 is 11.1 Å². The second-order valence-electron chi connectivity index (χ2n) is 3.18. The topological polar surface area (TPSA) is 50.9 Å². The smallest absolute Gasteiger partial charge is 0.324 e. The normalized spacial score (nSPS) is 11.6. The highest BCUT2D eigenvalue weighted by molar-refractivity contribution is 7.80. The van der Waals surface area contributed by atoms with E-state index < -0.39 is 18.9 Å². The summed E-state index contributed by atoms with van der Waals surface area (Å²) in [6.45, 7) is -1.22. The predicted molar refractivity (Wildman–Crippen MR) is 59.6 cm³/mol. The lowest BCUT2D eigenvalue weighted by atomic mass is 10.2. The summed E-state index contributed by atoms with van der Waals surface area (Å²) in [4.78, 5) is 3.66. The number of pyridine rings is 1. The molecule has 3 nitrogen and oxygen atoms in total. The number of aromatic nitrogens is 1. The molecule has 0 aliphatic heterocycles. The van der Waals surface area contributed by atoms with E-state index in [2.05, 4.69) is 22.5 Å². The Balaban J connectivity index is 2.79. The minimum absolute atomic E-state index is 0.0903. The van der Waals surface area contributed by atoms with E-state index in [9.17, 15) is 17.6 Å². The molecule has 0 bridgehead atoms. The van der Waals surface area contributed by atoms with Crippen molar-refractivity contribution in [3.63, 3.8) is 0 Å². The molecule has 1 rings (SSSR count). The number of halogens is 4. The monoisotopic (exact) mass is 267 g/mol. The van der Waals surface area contributed by atoms with E-state index in [4.69, 9.17) is 5.73 Å². The van der Waals surface area contributed by atoms with Crippen LogP contribution in [0.3, 0.4) is 0 Å². The van der Waals surface area contributed by atoms with Gasteiger partial charge in [0.2, 0.25) is 0 Å². The second kappa shape index (κ2) is 5.26. The first-order valence-electron chi connectivity index (χ1n) is 4.49. The maximum Gasteiger partial charge on any atom is 0.324 e. The van der Waals surface area contributed by atoms with Gasteiger partial charge in [0.05, 0.1) is 12.2 Å². The molecule has 0 aliphatic rings. The quantitative estimate of drug-likeness (QED) is 0.633. The SMILES string of the molecule is NC(=S)c1ncccc1NCC(F)(F)C(F)F. The zero-order valence-corrected chi connectivity index (χ0v) is 9.28. The van der Waals surface area contributed by atoms with E-state index in [1.165, 1.54) is 18.3 Å². The van der Waals surface area contributed by atoms with Gasteiger partial charge in [0.1, 0.15) is 10.7 Å². The fourth-order valence-corrected chi connectivity index (χ4v) is 1.20. The molecule has 0 aromatic carbocycles. The van der Waals surface area contributed by atoms with Gasteiger partial charge in [0.25, 0.3) is 0 Å². The highest BCUT2D eigenvalue weighted by atomic mass is 32.1. The molecule has 0 aliphatic carbocycles. The molecule has 3 N–H and O–H groups in total. The molecule has 0 saturated heterocycles. The number of anilines is 1. The molecule has 0 unspecified atom stereocenters. The Morgan fingerprint density at radius 2 is 2.18 bits per heavy atom. The van der Waals surface area contributed by atoms with Crippen LogP contribution in [0.1, 0.15) is 5.69 Å². The number of rotatable bonds is 5. The molecule has 17 heavy (non-hydrogen) atoms. The summed E-state index contributed by atoms with van der Waals surface area (Å²) in [6.07, 6.45) is -2.37. The molecule has 0 atom stereocenters. The van der Waals surface area contributed by atoms with Crippen LogP contribution in [-0.4, -0.2) is 28.9 Å².